The summed E-state index contributed by atoms with van der Waals surface area (Å²) in [5, 5.41) is 10.9. The zero-order chi connectivity index (χ0) is 15.7. The molecule has 1 aliphatic heterocycles. The minimum atomic E-state index is -4.32. The highest BCUT2D eigenvalue weighted by molar-refractivity contribution is 4.85. The average molecular weight is 306 g/mol. The van der Waals surface area contributed by atoms with Gasteiger partial charge in [-0.2, -0.15) is 18.0 Å². The normalized spacial score (nSPS) is 19.1. The first-order chi connectivity index (χ1) is 9.63. The Bertz CT molecular complexity index is 456. The summed E-state index contributed by atoms with van der Waals surface area (Å²) in [7, 11) is 0. The molecule has 9 heteroatoms. The maximum atomic E-state index is 12.2. The van der Waals surface area contributed by atoms with Gasteiger partial charge in [0.1, 0.15) is 0 Å². The Hall–Kier alpha value is -1.22. The van der Waals surface area contributed by atoms with Crippen LogP contribution in [0.1, 0.15) is 26.6 Å². The lowest BCUT2D eigenvalue weighted by atomic mass is 10.1. The summed E-state index contributed by atoms with van der Waals surface area (Å²) in [5.41, 5.74) is 0.139. The van der Waals surface area contributed by atoms with Crippen molar-refractivity contribution in [2.24, 2.45) is 0 Å². The SMILES string of the molecule is CC(C)(C)N1CCN(Cc2nnn(CC(F)(F)F)n2)CC1. The molecule has 0 atom stereocenters. The van der Waals surface area contributed by atoms with E-state index in [4.69, 9.17) is 0 Å². The molecule has 2 rings (SSSR count). The average Bonchev–Trinajstić information content (AvgIpc) is 2.73. The number of nitrogens with zero attached hydrogens (tertiary/aromatic N) is 6. The summed E-state index contributed by atoms with van der Waals surface area (Å²) in [5.74, 6) is 0.337. The summed E-state index contributed by atoms with van der Waals surface area (Å²) in [4.78, 5) is 5.12. The molecule has 0 bridgehead atoms. The lowest BCUT2D eigenvalue weighted by Crippen LogP contribution is -2.53. The van der Waals surface area contributed by atoms with Gasteiger partial charge in [-0.05, 0) is 26.0 Å². The van der Waals surface area contributed by atoms with Crippen molar-refractivity contribution in [3.8, 4) is 0 Å². The number of hydrogen-bond donors (Lipinski definition) is 0. The van der Waals surface area contributed by atoms with Crippen molar-refractivity contribution in [3.63, 3.8) is 0 Å². The van der Waals surface area contributed by atoms with Crippen LogP contribution in [0.15, 0.2) is 0 Å². The van der Waals surface area contributed by atoms with Crippen molar-refractivity contribution < 1.29 is 13.2 Å². The topological polar surface area (TPSA) is 50.1 Å². The Balaban J connectivity index is 1.84. The smallest absolute Gasteiger partial charge is 0.296 e. The summed E-state index contributed by atoms with van der Waals surface area (Å²) < 4.78 is 36.7. The van der Waals surface area contributed by atoms with Crippen molar-refractivity contribution in [3.05, 3.63) is 5.82 Å². The van der Waals surface area contributed by atoms with Gasteiger partial charge >= 0.3 is 6.18 Å². The second-order valence-electron chi connectivity index (χ2n) is 6.29. The van der Waals surface area contributed by atoms with Crippen molar-refractivity contribution in [1.29, 1.82) is 0 Å². The zero-order valence-electron chi connectivity index (χ0n) is 12.6. The fraction of sp³-hybridized carbons (Fsp3) is 0.917. The van der Waals surface area contributed by atoms with Crippen LogP contribution in [0.25, 0.3) is 0 Å². The van der Waals surface area contributed by atoms with Crippen molar-refractivity contribution in [2.45, 2.75) is 45.6 Å². The highest BCUT2D eigenvalue weighted by atomic mass is 19.4. The van der Waals surface area contributed by atoms with Crippen molar-refractivity contribution in [2.75, 3.05) is 26.2 Å². The van der Waals surface area contributed by atoms with Crippen LogP contribution in [-0.4, -0.2) is 67.9 Å². The Labute approximate surface area is 121 Å². The molecule has 0 unspecified atom stereocenters. The Morgan fingerprint density at radius 2 is 1.67 bits per heavy atom. The molecule has 1 aliphatic rings. The highest BCUT2D eigenvalue weighted by Crippen LogP contribution is 2.17. The number of tetrazole rings is 1. The van der Waals surface area contributed by atoms with Gasteiger partial charge in [0.25, 0.3) is 0 Å². The van der Waals surface area contributed by atoms with Crippen molar-refractivity contribution in [1.82, 2.24) is 30.0 Å². The van der Waals surface area contributed by atoms with Gasteiger partial charge in [0, 0.05) is 31.7 Å². The van der Waals surface area contributed by atoms with E-state index in [2.05, 4.69) is 46.0 Å². The molecule has 1 saturated heterocycles. The molecule has 0 radical (unpaired) electrons. The van der Waals surface area contributed by atoms with Crippen LogP contribution in [-0.2, 0) is 13.1 Å². The van der Waals surface area contributed by atoms with Gasteiger partial charge in [-0.3, -0.25) is 9.80 Å². The molecule has 1 aromatic rings. The Kier molecular flexibility index (Phi) is 4.52. The molecule has 1 fully saturated rings. The quantitative estimate of drug-likeness (QED) is 0.838. The number of aromatic nitrogens is 4. The van der Waals surface area contributed by atoms with Crippen LogP contribution in [0, 0.1) is 0 Å². The molecular formula is C12H21F3N6. The predicted molar refractivity (Wildman–Crippen MR) is 70.5 cm³/mol. The van der Waals surface area contributed by atoms with Crippen LogP contribution in [0.3, 0.4) is 0 Å². The second kappa shape index (κ2) is 5.88. The second-order valence-corrected chi connectivity index (χ2v) is 6.29. The van der Waals surface area contributed by atoms with E-state index in [1.807, 2.05) is 0 Å². The van der Waals surface area contributed by atoms with Crippen LogP contribution < -0.4 is 0 Å². The van der Waals surface area contributed by atoms with Crippen LogP contribution in [0.2, 0.25) is 0 Å². The van der Waals surface area contributed by atoms with Crippen LogP contribution >= 0.6 is 0 Å². The maximum Gasteiger partial charge on any atom is 0.409 e. The molecule has 1 aromatic heterocycles. The molecule has 0 amide bonds. The summed E-state index contributed by atoms with van der Waals surface area (Å²) in [6.07, 6.45) is -4.32. The standard InChI is InChI=1S/C12H21F3N6/c1-11(2,3)20-6-4-19(5-7-20)8-10-16-18-21(17-10)9-12(13,14)15/h4-9H2,1-3H3. The first-order valence-electron chi connectivity index (χ1n) is 6.94. The third-order valence-electron chi connectivity index (χ3n) is 3.50. The van der Waals surface area contributed by atoms with Gasteiger partial charge in [-0.15, -0.1) is 10.2 Å². The molecule has 0 N–H and O–H groups in total. The lowest BCUT2D eigenvalue weighted by molar-refractivity contribution is -0.145. The van der Waals surface area contributed by atoms with Gasteiger partial charge in [0.15, 0.2) is 12.4 Å². The molecule has 6 nitrogen and oxygen atoms in total. The first-order valence-corrected chi connectivity index (χ1v) is 6.94. The molecular weight excluding hydrogens is 285 g/mol. The molecule has 21 heavy (non-hydrogen) atoms. The summed E-state index contributed by atoms with van der Waals surface area (Å²) in [6, 6.07) is 0. The summed E-state index contributed by atoms with van der Waals surface area (Å²) >= 11 is 0. The van der Waals surface area contributed by atoms with Crippen molar-refractivity contribution >= 4 is 0 Å². The van der Waals surface area contributed by atoms with Crippen LogP contribution in [0.5, 0.6) is 0 Å². The van der Waals surface area contributed by atoms with Gasteiger partial charge in [0.05, 0.1) is 6.54 Å². The molecule has 0 spiro atoms. The number of halogens is 3. The number of alkyl halides is 3. The molecule has 0 aliphatic carbocycles. The maximum absolute atomic E-state index is 12.2. The third-order valence-corrected chi connectivity index (χ3v) is 3.50. The first kappa shape index (κ1) is 16.2. The Morgan fingerprint density at radius 1 is 1.05 bits per heavy atom. The Morgan fingerprint density at radius 3 is 2.19 bits per heavy atom. The fourth-order valence-electron chi connectivity index (χ4n) is 2.34. The molecule has 0 saturated carbocycles. The van der Waals surface area contributed by atoms with E-state index in [0.717, 1.165) is 26.2 Å². The van der Waals surface area contributed by atoms with E-state index >= 15 is 0 Å². The van der Waals surface area contributed by atoms with Gasteiger partial charge < -0.3 is 0 Å². The molecule has 120 valence electrons. The highest BCUT2D eigenvalue weighted by Gasteiger charge is 2.30. The monoisotopic (exact) mass is 306 g/mol. The minimum absolute atomic E-state index is 0.139. The number of hydrogen-bond acceptors (Lipinski definition) is 5. The largest absolute Gasteiger partial charge is 0.409 e. The van der Waals surface area contributed by atoms with E-state index in [1.165, 1.54) is 0 Å². The van der Waals surface area contributed by atoms with Gasteiger partial charge in [0.2, 0.25) is 0 Å². The number of piperazine rings is 1. The minimum Gasteiger partial charge on any atom is -0.296 e. The van der Waals surface area contributed by atoms with Crippen LogP contribution in [0.4, 0.5) is 13.2 Å². The third kappa shape index (κ3) is 4.92. The summed E-state index contributed by atoms with van der Waals surface area (Å²) in [6.45, 7) is 9.33. The van der Waals surface area contributed by atoms with Gasteiger partial charge in [-0.1, -0.05) is 0 Å². The fourth-order valence-corrected chi connectivity index (χ4v) is 2.34. The lowest BCUT2D eigenvalue weighted by Gasteiger charge is -2.41. The molecule has 0 aromatic carbocycles. The van der Waals surface area contributed by atoms with E-state index in [0.29, 0.717) is 17.2 Å². The van der Waals surface area contributed by atoms with E-state index in [9.17, 15) is 13.2 Å². The number of rotatable bonds is 3. The van der Waals surface area contributed by atoms with E-state index < -0.39 is 12.7 Å². The molecule has 2 heterocycles. The predicted octanol–water partition coefficient (Wildman–Crippen LogP) is 1.15. The van der Waals surface area contributed by atoms with E-state index in [1.54, 1.807) is 0 Å². The van der Waals surface area contributed by atoms with Gasteiger partial charge in [-0.25, -0.2) is 0 Å². The zero-order valence-corrected chi connectivity index (χ0v) is 12.6. The van der Waals surface area contributed by atoms with E-state index in [-0.39, 0.29) is 5.54 Å².